The van der Waals surface area contributed by atoms with E-state index in [0.717, 1.165) is 17.7 Å². The van der Waals surface area contributed by atoms with Crippen LogP contribution >= 0.6 is 0 Å². The lowest BCUT2D eigenvalue weighted by atomic mass is 10.0. The lowest BCUT2D eigenvalue weighted by molar-refractivity contribution is -0.123. The summed E-state index contributed by atoms with van der Waals surface area (Å²) >= 11 is 0. The summed E-state index contributed by atoms with van der Waals surface area (Å²) in [6, 6.07) is 7.69. The van der Waals surface area contributed by atoms with Crippen molar-refractivity contribution >= 4 is 5.91 Å². The first-order valence-electron chi connectivity index (χ1n) is 9.02. The third-order valence-corrected chi connectivity index (χ3v) is 4.82. The molecule has 2 aromatic rings. The fourth-order valence-electron chi connectivity index (χ4n) is 3.38. The number of ether oxygens (including phenoxy) is 1. The fraction of sp³-hybridized carbons (Fsp3) is 0.526. The van der Waals surface area contributed by atoms with E-state index in [1.54, 1.807) is 6.92 Å². The molecule has 1 saturated carbocycles. The van der Waals surface area contributed by atoms with E-state index < -0.39 is 6.10 Å². The van der Waals surface area contributed by atoms with Gasteiger partial charge in [-0.25, -0.2) is 0 Å². The number of carbonyl (C=O) groups excluding carboxylic acids is 1. The smallest absolute Gasteiger partial charge is 0.257 e. The number of amides is 1. The van der Waals surface area contributed by atoms with Crippen molar-refractivity contribution in [2.24, 2.45) is 5.92 Å². The number of benzene rings is 1. The second-order valence-electron chi connectivity index (χ2n) is 6.73. The van der Waals surface area contributed by atoms with Gasteiger partial charge < -0.3 is 19.7 Å². The maximum Gasteiger partial charge on any atom is 0.257 e. The minimum Gasteiger partial charge on any atom is -0.483 e. The first kappa shape index (κ1) is 18.4. The summed E-state index contributed by atoms with van der Waals surface area (Å²) in [6.45, 7) is 4.19. The average Bonchev–Trinajstić information content (AvgIpc) is 3.24. The van der Waals surface area contributed by atoms with Gasteiger partial charge in [-0.05, 0) is 37.8 Å². The van der Waals surface area contributed by atoms with Crippen LogP contribution in [0.1, 0.15) is 43.0 Å². The van der Waals surface area contributed by atoms with E-state index in [-0.39, 0.29) is 24.3 Å². The maximum atomic E-state index is 12.1. The maximum absolute atomic E-state index is 12.1. The molecule has 0 bridgehead atoms. The predicted molar refractivity (Wildman–Crippen MR) is 94.8 cm³/mol. The highest BCUT2D eigenvalue weighted by Gasteiger charge is 2.36. The van der Waals surface area contributed by atoms with Gasteiger partial charge in [0.25, 0.3) is 5.91 Å². The Balaban J connectivity index is 1.45. The third kappa shape index (κ3) is 4.40. The van der Waals surface area contributed by atoms with Crippen LogP contribution in [0.15, 0.2) is 28.8 Å². The van der Waals surface area contributed by atoms with Crippen LogP contribution in [0.4, 0.5) is 0 Å². The second kappa shape index (κ2) is 8.31. The number of rotatable bonds is 7. The normalized spacial score (nSPS) is 22.3. The first-order chi connectivity index (χ1) is 12.6. The van der Waals surface area contributed by atoms with Crippen LogP contribution in [0.2, 0.25) is 0 Å². The van der Waals surface area contributed by atoms with Crippen LogP contribution in [0.3, 0.4) is 0 Å². The van der Waals surface area contributed by atoms with Crippen LogP contribution in [0, 0.1) is 12.8 Å². The van der Waals surface area contributed by atoms with Crippen molar-refractivity contribution in [3.05, 3.63) is 41.5 Å². The van der Waals surface area contributed by atoms with Gasteiger partial charge in [-0.3, -0.25) is 4.79 Å². The van der Waals surface area contributed by atoms with Gasteiger partial charge in [0.15, 0.2) is 12.4 Å². The number of aryl methyl sites for hydroxylation is 2. The molecular weight excluding hydrogens is 334 g/mol. The van der Waals surface area contributed by atoms with E-state index in [4.69, 9.17) is 9.26 Å². The molecule has 26 heavy (non-hydrogen) atoms. The summed E-state index contributed by atoms with van der Waals surface area (Å²) < 4.78 is 10.8. The molecule has 1 aliphatic rings. The van der Waals surface area contributed by atoms with Gasteiger partial charge >= 0.3 is 0 Å². The Morgan fingerprint density at radius 2 is 2.19 bits per heavy atom. The molecule has 1 amide bonds. The molecule has 1 fully saturated rings. The Bertz CT molecular complexity index is 746. The Morgan fingerprint density at radius 1 is 1.38 bits per heavy atom. The molecule has 0 spiro atoms. The topological polar surface area (TPSA) is 97.5 Å². The fourth-order valence-corrected chi connectivity index (χ4v) is 3.38. The monoisotopic (exact) mass is 359 g/mol. The number of aromatic nitrogens is 2. The highest BCUT2D eigenvalue weighted by Crippen LogP contribution is 2.37. The minimum absolute atomic E-state index is 0.0286. The quantitative estimate of drug-likeness (QED) is 0.785. The van der Waals surface area contributed by atoms with Gasteiger partial charge in [0.1, 0.15) is 5.75 Å². The van der Waals surface area contributed by atoms with Crippen LogP contribution in [-0.2, 0) is 11.2 Å². The predicted octanol–water partition coefficient (Wildman–Crippen LogP) is 1.99. The van der Waals surface area contributed by atoms with E-state index >= 15 is 0 Å². The highest BCUT2D eigenvalue weighted by atomic mass is 16.5. The van der Waals surface area contributed by atoms with Crippen molar-refractivity contribution < 1.29 is 19.2 Å². The molecule has 0 unspecified atom stereocenters. The Hall–Kier alpha value is -2.41. The summed E-state index contributed by atoms with van der Waals surface area (Å²) in [7, 11) is 0. The molecule has 1 aliphatic carbocycles. The van der Waals surface area contributed by atoms with Gasteiger partial charge in [-0.2, -0.15) is 4.98 Å². The molecule has 0 radical (unpaired) electrons. The van der Waals surface area contributed by atoms with E-state index in [1.807, 2.05) is 31.2 Å². The molecule has 1 aromatic heterocycles. The van der Waals surface area contributed by atoms with Crippen molar-refractivity contribution in [2.75, 3.05) is 13.2 Å². The van der Waals surface area contributed by atoms with Crippen LogP contribution < -0.4 is 10.1 Å². The molecule has 1 aromatic carbocycles. The highest BCUT2D eigenvalue weighted by molar-refractivity contribution is 5.77. The van der Waals surface area contributed by atoms with Crippen molar-refractivity contribution in [2.45, 2.75) is 45.1 Å². The number of hydrogen-bond donors (Lipinski definition) is 2. The number of aliphatic hydroxyl groups is 1. The number of nitrogens with one attached hydrogen (secondary N) is 1. The molecule has 0 saturated heterocycles. The number of nitrogens with zero attached hydrogens (tertiary/aromatic N) is 2. The van der Waals surface area contributed by atoms with Gasteiger partial charge in [0.2, 0.25) is 5.89 Å². The number of hydrogen-bond acceptors (Lipinski definition) is 6. The van der Waals surface area contributed by atoms with E-state index in [0.29, 0.717) is 31.1 Å². The molecule has 1 heterocycles. The zero-order valence-corrected chi connectivity index (χ0v) is 15.1. The summed E-state index contributed by atoms with van der Waals surface area (Å²) in [5.41, 5.74) is 1.07. The lowest BCUT2D eigenvalue weighted by Gasteiger charge is -2.15. The second-order valence-corrected chi connectivity index (χ2v) is 6.73. The first-order valence-corrected chi connectivity index (χ1v) is 9.02. The SMILES string of the molecule is CCc1ccccc1OCC(=O)NC[C@H]1C[C@H](c2nc(C)no2)C[C@H]1O. The number of para-hydroxylation sites is 1. The Labute approximate surface area is 152 Å². The van der Waals surface area contributed by atoms with Gasteiger partial charge in [0.05, 0.1) is 6.10 Å². The summed E-state index contributed by atoms with van der Waals surface area (Å²) in [5, 5.41) is 16.9. The number of carbonyl (C=O) groups is 1. The minimum atomic E-state index is -0.491. The van der Waals surface area contributed by atoms with Gasteiger partial charge in [-0.1, -0.05) is 30.3 Å². The van der Waals surface area contributed by atoms with Crippen molar-refractivity contribution in [3.63, 3.8) is 0 Å². The zero-order chi connectivity index (χ0) is 18.5. The molecular formula is C19H25N3O4. The summed E-state index contributed by atoms with van der Waals surface area (Å²) in [5.74, 6) is 1.71. The van der Waals surface area contributed by atoms with E-state index in [9.17, 15) is 9.90 Å². The van der Waals surface area contributed by atoms with Gasteiger partial charge in [0, 0.05) is 18.4 Å². The molecule has 3 atom stereocenters. The van der Waals surface area contributed by atoms with E-state index in [1.165, 1.54) is 0 Å². The van der Waals surface area contributed by atoms with Crippen molar-refractivity contribution in [1.29, 1.82) is 0 Å². The zero-order valence-electron chi connectivity index (χ0n) is 15.1. The van der Waals surface area contributed by atoms with Crippen LogP contribution in [0.5, 0.6) is 5.75 Å². The lowest BCUT2D eigenvalue weighted by Crippen LogP contribution is -2.35. The molecule has 7 nitrogen and oxygen atoms in total. The Morgan fingerprint density at radius 3 is 2.92 bits per heavy atom. The molecule has 7 heteroatoms. The largest absolute Gasteiger partial charge is 0.483 e. The van der Waals surface area contributed by atoms with Crippen molar-refractivity contribution in [3.8, 4) is 5.75 Å². The molecule has 3 rings (SSSR count). The third-order valence-electron chi connectivity index (χ3n) is 4.82. The molecule has 140 valence electrons. The molecule has 2 N–H and O–H groups in total. The molecule has 0 aliphatic heterocycles. The van der Waals surface area contributed by atoms with Crippen LogP contribution in [-0.4, -0.2) is 40.4 Å². The van der Waals surface area contributed by atoms with Gasteiger partial charge in [-0.15, -0.1) is 0 Å². The standard InChI is InChI=1S/C19H25N3O4/c1-3-13-6-4-5-7-17(13)25-11-18(24)20-10-15-8-14(9-16(15)23)19-21-12(2)22-26-19/h4-7,14-16,23H,3,8-11H2,1-2H3,(H,20,24)/t14-,15+,16+/m0/s1. The van der Waals surface area contributed by atoms with Crippen LogP contribution in [0.25, 0.3) is 0 Å². The van der Waals surface area contributed by atoms with Crippen molar-refractivity contribution in [1.82, 2.24) is 15.5 Å². The number of aliphatic hydroxyl groups excluding tert-OH is 1. The Kier molecular flexibility index (Phi) is 5.88. The average molecular weight is 359 g/mol. The van der Waals surface area contributed by atoms with E-state index in [2.05, 4.69) is 15.5 Å². The summed E-state index contributed by atoms with van der Waals surface area (Å²) in [4.78, 5) is 16.3. The summed E-state index contributed by atoms with van der Waals surface area (Å²) in [6.07, 6.45) is 1.64.